The number of hydrogen-bond donors (Lipinski definition) is 1. The number of anilines is 1. The van der Waals surface area contributed by atoms with Gasteiger partial charge in [-0.3, -0.25) is 0 Å². The molecular weight excluding hydrogens is 358 g/mol. The molecule has 2 aliphatic rings. The van der Waals surface area contributed by atoms with Crippen molar-refractivity contribution in [1.82, 2.24) is 0 Å². The number of aromatic hydroxyl groups is 1. The SMILES string of the molecule is COc1ccc2c(c1)C(C)(C)C1(/C=C/c3ccc(OC)c(O)c3)SCCN21. The molecule has 2 aromatic rings. The van der Waals surface area contributed by atoms with Crippen LogP contribution in [0.1, 0.15) is 25.0 Å². The Morgan fingerprint density at radius 1 is 1.11 bits per heavy atom. The van der Waals surface area contributed by atoms with Gasteiger partial charge in [0.05, 0.1) is 14.2 Å². The van der Waals surface area contributed by atoms with Gasteiger partial charge in [0.1, 0.15) is 10.6 Å². The molecule has 0 aliphatic carbocycles. The lowest BCUT2D eigenvalue weighted by atomic mass is 9.79. The standard InChI is InChI=1S/C22H25NO3S/c1-21(2)17-14-16(25-3)6-7-18(17)23-11-12-27-22(21,23)10-9-15-5-8-20(26-4)19(24)13-15/h5-10,13-14,24H,11-12H2,1-4H3/b10-9+. The number of benzene rings is 2. The Hall–Kier alpha value is -2.27. The maximum absolute atomic E-state index is 10.1. The topological polar surface area (TPSA) is 41.9 Å². The molecule has 0 radical (unpaired) electrons. The molecule has 0 spiro atoms. The number of phenolic OH excluding ortho intramolecular Hbond substituents is 1. The van der Waals surface area contributed by atoms with Crippen LogP contribution < -0.4 is 14.4 Å². The lowest BCUT2D eigenvalue weighted by Gasteiger charge is -2.40. The average molecular weight is 384 g/mol. The van der Waals surface area contributed by atoms with E-state index in [9.17, 15) is 5.11 Å². The first-order valence-corrected chi connectivity index (χ1v) is 10.1. The molecule has 2 aromatic carbocycles. The summed E-state index contributed by atoms with van der Waals surface area (Å²) >= 11 is 1.98. The van der Waals surface area contributed by atoms with E-state index < -0.39 is 0 Å². The maximum atomic E-state index is 10.1. The zero-order valence-electron chi connectivity index (χ0n) is 16.2. The summed E-state index contributed by atoms with van der Waals surface area (Å²) < 4.78 is 10.6. The molecule has 27 heavy (non-hydrogen) atoms. The largest absolute Gasteiger partial charge is 0.504 e. The van der Waals surface area contributed by atoms with Crippen molar-refractivity contribution in [3.8, 4) is 17.2 Å². The van der Waals surface area contributed by atoms with E-state index in [1.165, 1.54) is 11.3 Å². The van der Waals surface area contributed by atoms with E-state index in [2.05, 4.69) is 43.0 Å². The number of hydrogen-bond acceptors (Lipinski definition) is 5. The lowest BCUT2D eigenvalue weighted by Crippen LogP contribution is -2.48. The second-order valence-electron chi connectivity index (χ2n) is 7.47. The molecule has 0 bridgehead atoms. The van der Waals surface area contributed by atoms with E-state index in [1.54, 1.807) is 26.4 Å². The fourth-order valence-corrected chi connectivity index (χ4v) is 5.86. The number of phenols is 1. The average Bonchev–Trinajstić information content (AvgIpc) is 3.17. The minimum absolute atomic E-state index is 0.0803. The predicted octanol–water partition coefficient (Wildman–Crippen LogP) is 4.66. The van der Waals surface area contributed by atoms with Crippen LogP contribution in [0.2, 0.25) is 0 Å². The van der Waals surface area contributed by atoms with Crippen LogP contribution in [0.25, 0.3) is 6.08 Å². The Bertz CT molecular complexity index is 908. The van der Waals surface area contributed by atoms with Gasteiger partial charge in [-0.05, 0) is 47.5 Å². The van der Waals surface area contributed by atoms with Gasteiger partial charge >= 0.3 is 0 Å². The Balaban J connectivity index is 1.76. The van der Waals surface area contributed by atoms with E-state index in [0.29, 0.717) is 5.75 Å². The van der Waals surface area contributed by atoms with Crippen LogP contribution in [0.15, 0.2) is 42.5 Å². The van der Waals surface area contributed by atoms with Crippen molar-refractivity contribution < 1.29 is 14.6 Å². The zero-order valence-corrected chi connectivity index (χ0v) is 17.0. The second-order valence-corrected chi connectivity index (χ2v) is 8.79. The van der Waals surface area contributed by atoms with Gasteiger partial charge in [0.25, 0.3) is 0 Å². The van der Waals surface area contributed by atoms with E-state index in [1.807, 2.05) is 23.9 Å². The van der Waals surface area contributed by atoms with Gasteiger partial charge in [-0.1, -0.05) is 26.0 Å². The minimum atomic E-state index is -0.156. The molecule has 4 nitrogen and oxygen atoms in total. The third-order valence-corrected chi connectivity index (χ3v) is 7.50. The molecule has 0 aromatic heterocycles. The number of ether oxygens (including phenoxy) is 2. The Kier molecular flexibility index (Phi) is 4.30. The van der Waals surface area contributed by atoms with Crippen molar-refractivity contribution in [1.29, 1.82) is 0 Å². The van der Waals surface area contributed by atoms with Gasteiger partial charge in [0, 0.05) is 23.4 Å². The smallest absolute Gasteiger partial charge is 0.160 e. The highest BCUT2D eigenvalue weighted by molar-refractivity contribution is 8.01. The normalized spacial score (nSPS) is 22.7. The highest BCUT2D eigenvalue weighted by atomic mass is 32.2. The fraction of sp³-hybridized carbons (Fsp3) is 0.364. The molecule has 4 rings (SSSR count). The van der Waals surface area contributed by atoms with Crippen LogP contribution >= 0.6 is 11.8 Å². The summed E-state index contributed by atoms with van der Waals surface area (Å²) in [5.74, 6) is 2.63. The predicted molar refractivity (Wildman–Crippen MR) is 112 cm³/mol. The Morgan fingerprint density at radius 2 is 1.93 bits per heavy atom. The van der Waals surface area contributed by atoms with Crippen LogP contribution in [0.3, 0.4) is 0 Å². The van der Waals surface area contributed by atoms with Gasteiger partial charge in [0.15, 0.2) is 11.5 Å². The molecule has 1 N–H and O–H groups in total. The molecule has 5 heteroatoms. The molecule has 2 heterocycles. The summed E-state index contributed by atoms with van der Waals surface area (Å²) in [6.07, 6.45) is 4.40. The molecule has 142 valence electrons. The van der Waals surface area contributed by atoms with Gasteiger partial charge in [-0.15, -0.1) is 11.8 Å². The first kappa shape index (κ1) is 18.1. The van der Waals surface area contributed by atoms with Gasteiger partial charge in [0.2, 0.25) is 0 Å². The summed E-state index contributed by atoms with van der Waals surface area (Å²) in [5.41, 5.74) is 3.48. The zero-order chi connectivity index (χ0) is 19.2. The third-order valence-electron chi connectivity index (χ3n) is 5.81. The van der Waals surface area contributed by atoms with E-state index >= 15 is 0 Å². The van der Waals surface area contributed by atoms with Crippen LogP contribution in [-0.4, -0.2) is 36.5 Å². The summed E-state index contributed by atoms with van der Waals surface area (Å²) in [4.78, 5) is 2.35. The van der Waals surface area contributed by atoms with Crippen LogP contribution in [0, 0.1) is 0 Å². The highest BCUT2D eigenvalue weighted by Gasteiger charge is 2.58. The number of nitrogens with zero attached hydrogens (tertiary/aromatic N) is 1. The molecular formula is C22H25NO3S. The lowest BCUT2D eigenvalue weighted by molar-refractivity contribution is 0.373. The van der Waals surface area contributed by atoms with Crippen molar-refractivity contribution in [3.63, 3.8) is 0 Å². The number of fused-ring (bicyclic) bond motifs is 3. The Morgan fingerprint density at radius 3 is 2.63 bits per heavy atom. The fourth-order valence-electron chi connectivity index (χ4n) is 4.29. The molecule has 1 unspecified atom stereocenters. The van der Waals surface area contributed by atoms with Gasteiger partial charge in [-0.25, -0.2) is 0 Å². The van der Waals surface area contributed by atoms with Crippen LogP contribution in [0.4, 0.5) is 5.69 Å². The number of thioether (sulfide) groups is 1. The van der Waals surface area contributed by atoms with Crippen LogP contribution in [-0.2, 0) is 5.41 Å². The second kappa shape index (κ2) is 6.41. The summed E-state index contributed by atoms with van der Waals surface area (Å²) in [5, 5.41) is 10.1. The molecule has 0 amide bonds. The van der Waals surface area contributed by atoms with Gasteiger partial charge < -0.3 is 19.5 Å². The van der Waals surface area contributed by atoms with Crippen molar-refractivity contribution >= 4 is 23.5 Å². The third kappa shape index (κ3) is 2.59. The molecule has 2 aliphatic heterocycles. The number of rotatable bonds is 4. The van der Waals surface area contributed by atoms with Crippen molar-refractivity contribution in [2.75, 3.05) is 31.4 Å². The van der Waals surface area contributed by atoms with E-state index in [4.69, 9.17) is 9.47 Å². The van der Waals surface area contributed by atoms with Gasteiger partial charge in [-0.2, -0.15) is 0 Å². The van der Waals surface area contributed by atoms with Crippen LogP contribution in [0.5, 0.6) is 17.2 Å². The molecule has 1 atom stereocenters. The quantitative estimate of drug-likeness (QED) is 0.831. The molecule has 1 fully saturated rings. The van der Waals surface area contributed by atoms with Crippen molar-refractivity contribution in [2.45, 2.75) is 24.1 Å². The van der Waals surface area contributed by atoms with Crippen molar-refractivity contribution in [3.05, 3.63) is 53.6 Å². The number of methoxy groups -OCH3 is 2. The highest BCUT2D eigenvalue weighted by Crippen LogP contribution is 2.60. The molecule has 0 saturated carbocycles. The summed E-state index contributed by atoms with van der Waals surface area (Å²) in [6, 6.07) is 11.9. The van der Waals surface area contributed by atoms with E-state index in [-0.39, 0.29) is 16.0 Å². The van der Waals surface area contributed by atoms with E-state index in [0.717, 1.165) is 23.6 Å². The molecule has 1 saturated heterocycles. The summed E-state index contributed by atoms with van der Waals surface area (Å²) in [6.45, 7) is 5.63. The minimum Gasteiger partial charge on any atom is -0.504 e. The first-order chi connectivity index (χ1) is 12.9. The summed E-state index contributed by atoms with van der Waals surface area (Å²) in [7, 11) is 3.27. The monoisotopic (exact) mass is 383 g/mol. The Labute approximate surface area is 164 Å². The first-order valence-electron chi connectivity index (χ1n) is 9.09. The maximum Gasteiger partial charge on any atom is 0.160 e. The van der Waals surface area contributed by atoms with Crippen molar-refractivity contribution in [2.24, 2.45) is 0 Å².